The Balaban J connectivity index is 1.27. The molecule has 172 valence electrons. The number of ether oxygens (including phenoxy) is 1. The van der Waals surface area contributed by atoms with Crippen LogP contribution < -0.4 is 0 Å². The fraction of sp³-hybridized carbons (Fsp3) is 0.345. The highest BCUT2D eigenvalue weighted by Gasteiger charge is 2.23. The van der Waals surface area contributed by atoms with Crippen molar-refractivity contribution < 1.29 is 19.7 Å². The first-order valence-corrected chi connectivity index (χ1v) is 11.6. The molecule has 2 unspecified atom stereocenters. The Labute approximate surface area is 196 Å². The van der Waals surface area contributed by atoms with Gasteiger partial charge in [-0.1, -0.05) is 66.8 Å². The first-order valence-electron chi connectivity index (χ1n) is 11.6. The number of hydrogen-bond acceptors (Lipinski definition) is 4. The van der Waals surface area contributed by atoms with E-state index in [9.17, 15) is 15.0 Å². The van der Waals surface area contributed by atoms with Crippen LogP contribution in [0, 0.1) is 11.8 Å². The Kier molecular flexibility index (Phi) is 7.08. The van der Waals surface area contributed by atoms with E-state index in [0.29, 0.717) is 32.5 Å². The standard InChI is InChI=1S/C29H32O4/c1-20-14-26(18-24-6-3-4-7-27(20)24)28(30)11-9-21-15-23-10-8-22(17-25(23)16-21)19-33-13-5-12-29(2,31)32/h3-4,6-8,10,14-18,25,27,31-32H,1,5,9,11-13,19H2,2H3. The zero-order valence-electron chi connectivity index (χ0n) is 19.2. The molecule has 0 aromatic carbocycles. The van der Waals surface area contributed by atoms with Crippen LogP contribution in [0.3, 0.4) is 0 Å². The SMILES string of the molecule is C=C1C=C(C(=O)CCC2=CC3C=C(COCCCC(C)(O)O)C=CC3=C2)C=C2C=CC=CC12. The first-order chi connectivity index (χ1) is 15.8. The van der Waals surface area contributed by atoms with Crippen molar-refractivity contribution in [2.45, 2.75) is 38.4 Å². The van der Waals surface area contributed by atoms with Crippen molar-refractivity contribution >= 4 is 5.78 Å². The Morgan fingerprint density at radius 1 is 1.06 bits per heavy atom. The number of carbonyl (C=O) groups is 1. The van der Waals surface area contributed by atoms with Gasteiger partial charge in [0.05, 0.1) is 6.61 Å². The summed E-state index contributed by atoms with van der Waals surface area (Å²) in [5, 5.41) is 18.7. The minimum Gasteiger partial charge on any atom is -0.377 e. The molecular formula is C29H32O4. The van der Waals surface area contributed by atoms with Crippen LogP contribution in [0.4, 0.5) is 0 Å². The van der Waals surface area contributed by atoms with Gasteiger partial charge in [-0.3, -0.25) is 4.79 Å². The Bertz CT molecular complexity index is 1060. The second kappa shape index (κ2) is 10.0. The minimum atomic E-state index is -1.63. The van der Waals surface area contributed by atoms with Gasteiger partial charge in [0.15, 0.2) is 11.6 Å². The summed E-state index contributed by atoms with van der Waals surface area (Å²) in [6.07, 6.45) is 25.0. The predicted molar refractivity (Wildman–Crippen MR) is 131 cm³/mol. The van der Waals surface area contributed by atoms with Crippen LogP contribution in [-0.2, 0) is 9.53 Å². The lowest BCUT2D eigenvalue weighted by Crippen LogP contribution is -2.23. The molecule has 2 N–H and O–H groups in total. The number of aliphatic hydroxyl groups is 2. The molecule has 4 heteroatoms. The molecule has 4 rings (SSSR count). The predicted octanol–water partition coefficient (Wildman–Crippen LogP) is 4.98. The highest BCUT2D eigenvalue weighted by Crippen LogP contribution is 2.35. The van der Waals surface area contributed by atoms with Crippen molar-refractivity contribution in [2.24, 2.45) is 11.8 Å². The lowest BCUT2D eigenvalue weighted by atomic mass is 9.81. The average molecular weight is 445 g/mol. The van der Waals surface area contributed by atoms with Gasteiger partial charge in [0.1, 0.15) is 0 Å². The third kappa shape index (κ3) is 6.17. The van der Waals surface area contributed by atoms with E-state index < -0.39 is 5.79 Å². The summed E-state index contributed by atoms with van der Waals surface area (Å²) < 4.78 is 5.68. The van der Waals surface area contributed by atoms with Crippen molar-refractivity contribution in [3.8, 4) is 0 Å². The summed E-state index contributed by atoms with van der Waals surface area (Å²) in [6, 6.07) is 0. The van der Waals surface area contributed by atoms with Crippen LogP contribution in [-0.4, -0.2) is 35.0 Å². The van der Waals surface area contributed by atoms with Crippen LogP contribution in [0.15, 0.2) is 107 Å². The molecule has 4 aliphatic rings. The number of Topliss-reactive ketones (excluding diaryl/α,β-unsaturated/α-hetero) is 1. The van der Waals surface area contributed by atoms with Crippen LogP contribution in [0.1, 0.15) is 32.6 Å². The topological polar surface area (TPSA) is 66.8 Å². The van der Waals surface area contributed by atoms with Crippen LogP contribution in [0.25, 0.3) is 0 Å². The summed E-state index contributed by atoms with van der Waals surface area (Å²) in [4.78, 5) is 12.9. The van der Waals surface area contributed by atoms with Gasteiger partial charge in [-0.2, -0.15) is 0 Å². The van der Waals surface area contributed by atoms with Gasteiger partial charge in [-0.15, -0.1) is 0 Å². The molecule has 0 heterocycles. The maximum atomic E-state index is 12.9. The van der Waals surface area contributed by atoms with E-state index in [2.05, 4.69) is 49.1 Å². The molecule has 0 amide bonds. The van der Waals surface area contributed by atoms with Gasteiger partial charge in [-0.05, 0) is 54.2 Å². The van der Waals surface area contributed by atoms with E-state index in [1.807, 2.05) is 24.3 Å². The molecule has 2 atom stereocenters. The molecule has 4 aliphatic carbocycles. The van der Waals surface area contributed by atoms with E-state index >= 15 is 0 Å². The molecule has 33 heavy (non-hydrogen) atoms. The van der Waals surface area contributed by atoms with Gasteiger partial charge in [-0.25, -0.2) is 0 Å². The number of carbonyl (C=O) groups excluding carboxylic acids is 1. The molecular weight excluding hydrogens is 412 g/mol. The smallest absolute Gasteiger partial charge is 0.163 e. The molecule has 0 aromatic heterocycles. The monoisotopic (exact) mass is 444 g/mol. The van der Waals surface area contributed by atoms with Gasteiger partial charge >= 0.3 is 0 Å². The van der Waals surface area contributed by atoms with E-state index in [0.717, 1.165) is 28.7 Å². The minimum absolute atomic E-state index is 0.154. The lowest BCUT2D eigenvalue weighted by molar-refractivity contribution is -0.151. The fourth-order valence-electron chi connectivity index (χ4n) is 4.54. The zero-order chi connectivity index (χ0) is 23.4. The zero-order valence-corrected chi connectivity index (χ0v) is 19.2. The van der Waals surface area contributed by atoms with Gasteiger partial charge in [0.2, 0.25) is 0 Å². The molecule has 0 saturated heterocycles. The van der Waals surface area contributed by atoms with Crippen LogP contribution in [0.2, 0.25) is 0 Å². The van der Waals surface area contributed by atoms with Gasteiger partial charge in [0, 0.05) is 36.9 Å². The third-order valence-electron chi connectivity index (χ3n) is 6.31. The van der Waals surface area contributed by atoms with Crippen LogP contribution in [0.5, 0.6) is 0 Å². The van der Waals surface area contributed by atoms with Crippen molar-refractivity contribution in [2.75, 3.05) is 13.2 Å². The molecule has 0 aliphatic heterocycles. The lowest BCUT2D eigenvalue weighted by Gasteiger charge is -2.22. The number of fused-ring (bicyclic) bond motifs is 2. The quantitative estimate of drug-likeness (QED) is 0.369. The van der Waals surface area contributed by atoms with Crippen molar-refractivity contribution in [1.29, 1.82) is 0 Å². The van der Waals surface area contributed by atoms with Gasteiger partial charge < -0.3 is 14.9 Å². The number of hydrogen-bond donors (Lipinski definition) is 2. The summed E-state index contributed by atoms with van der Waals surface area (Å²) in [6.45, 7) is 6.52. The normalized spacial score (nSPS) is 23.4. The van der Waals surface area contributed by atoms with Crippen LogP contribution >= 0.6 is 0 Å². The third-order valence-corrected chi connectivity index (χ3v) is 6.31. The number of ketones is 1. The molecule has 0 radical (unpaired) electrons. The molecule has 0 fully saturated rings. The largest absolute Gasteiger partial charge is 0.377 e. The Morgan fingerprint density at radius 3 is 2.70 bits per heavy atom. The van der Waals surface area contributed by atoms with E-state index in [4.69, 9.17) is 4.74 Å². The Morgan fingerprint density at radius 2 is 1.88 bits per heavy atom. The highest BCUT2D eigenvalue weighted by atomic mass is 16.5. The summed E-state index contributed by atoms with van der Waals surface area (Å²) in [5.41, 5.74) is 6.40. The van der Waals surface area contributed by atoms with E-state index in [1.165, 1.54) is 18.1 Å². The second-order valence-electron chi connectivity index (χ2n) is 9.32. The van der Waals surface area contributed by atoms with E-state index in [1.54, 1.807) is 0 Å². The average Bonchev–Trinajstić information content (AvgIpc) is 3.18. The van der Waals surface area contributed by atoms with Crippen molar-refractivity contribution in [1.82, 2.24) is 0 Å². The number of rotatable bonds is 10. The summed E-state index contributed by atoms with van der Waals surface area (Å²) in [5.74, 6) is -1.06. The second-order valence-corrected chi connectivity index (χ2v) is 9.32. The molecule has 0 bridgehead atoms. The van der Waals surface area contributed by atoms with Crippen molar-refractivity contribution in [3.63, 3.8) is 0 Å². The molecule has 0 spiro atoms. The fourth-order valence-corrected chi connectivity index (χ4v) is 4.54. The molecule has 0 saturated carbocycles. The first kappa shape index (κ1) is 23.4. The maximum Gasteiger partial charge on any atom is 0.163 e. The number of allylic oxidation sites excluding steroid dienone is 15. The highest BCUT2D eigenvalue weighted by molar-refractivity contribution is 5.99. The van der Waals surface area contributed by atoms with E-state index in [-0.39, 0.29) is 17.6 Å². The summed E-state index contributed by atoms with van der Waals surface area (Å²) in [7, 11) is 0. The van der Waals surface area contributed by atoms with Gasteiger partial charge in [0.25, 0.3) is 0 Å². The maximum absolute atomic E-state index is 12.9. The summed E-state index contributed by atoms with van der Waals surface area (Å²) >= 11 is 0. The molecule has 4 nitrogen and oxygen atoms in total. The molecule has 0 aromatic rings. The Hall–Kier alpha value is -2.79. The van der Waals surface area contributed by atoms with Crippen molar-refractivity contribution in [3.05, 3.63) is 107 Å².